The van der Waals surface area contributed by atoms with Gasteiger partial charge in [-0.05, 0) is 31.0 Å². The van der Waals surface area contributed by atoms with E-state index in [-0.39, 0.29) is 6.10 Å². The van der Waals surface area contributed by atoms with Crippen LogP contribution in [0.4, 0.5) is 5.82 Å². The van der Waals surface area contributed by atoms with Crippen molar-refractivity contribution in [2.45, 2.75) is 26.0 Å². The van der Waals surface area contributed by atoms with E-state index in [9.17, 15) is 5.11 Å². The molecule has 0 spiro atoms. The smallest absolute Gasteiger partial charge is 0.128 e. The Balaban J connectivity index is 2.60. The molecule has 1 heterocycles. The number of rotatable bonds is 5. The fraction of sp³-hybridized carbons (Fsp3) is 0.545. The average molecular weight is 209 g/mol. The van der Waals surface area contributed by atoms with Gasteiger partial charge in [0.1, 0.15) is 5.82 Å². The van der Waals surface area contributed by atoms with Gasteiger partial charge in [-0.2, -0.15) is 0 Å². The predicted octanol–water partition coefficient (Wildman–Crippen LogP) is 0.747. The molecule has 0 radical (unpaired) electrons. The number of pyridine rings is 1. The lowest BCUT2D eigenvalue weighted by atomic mass is 10.2. The molecule has 0 aliphatic rings. The summed E-state index contributed by atoms with van der Waals surface area (Å²) in [6, 6.07) is 3.88. The average Bonchev–Trinajstić information content (AvgIpc) is 2.26. The highest BCUT2D eigenvalue weighted by molar-refractivity contribution is 5.39. The first-order valence-electron chi connectivity index (χ1n) is 5.17. The lowest BCUT2D eigenvalue weighted by molar-refractivity contribution is 0.187. The molecule has 0 bridgehead atoms. The molecule has 0 aliphatic carbocycles. The molecule has 15 heavy (non-hydrogen) atoms. The van der Waals surface area contributed by atoms with Crippen LogP contribution in [0.2, 0.25) is 0 Å². The molecule has 4 nitrogen and oxygen atoms in total. The van der Waals surface area contributed by atoms with Crippen LogP contribution < -0.4 is 10.6 Å². The van der Waals surface area contributed by atoms with Crippen molar-refractivity contribution in [3.05, 3.63) is 23.9 Å². The van der Waals surface area contributed by atoms with Crippen molar-refractivity contribution in [3.63, 3.8) is 0 Å². The maximum atomic E-state index is 9.18. The van der Waals surface area contributed by atoms with Gasteiger partial charge >= 0.3 is 0 Å². The molecule has 1 aromatic rings. The summed E-state index contributed by atoms with van der Waals surface area (Å²) in [5.41, 5.74) is 6.63. The molecule has 1 aromatic heterocycles. The Kier molecular flexibility index (Phi) is 4.52. The zero-order valence-electron chi connectivity index (χ0n) is 9.35. The summed E-state index contributed by atoms with van der Waals surface area (Å²) in [4.78, 5) is 6.27. The Morgan fingerprint density at radius 1 is 1.60 bits per heavy atom. The van der Waals surface area contributed by atoms with Gasteiger partial charge in [0.25, 0.3) is 0 Å². The van der Waals surface area contributed by atoms with Crippen LogP contribution in [0.25, 0.3) is 0 Å². The lowest BCUT2D eigenvalue weighted by Crippen LogP contribution is -2.22. The number of anilines is 1. The number of aliphatic hydroxyl groups is 1. The molecule has 0 amide bonds. The third kappa shape index (κ3) is 3.85. The summed E-state index contributed by atoms with van der Waals surface area (Å²) in [5.74, 6) is 0.901. The second-order valence-electron chi connectivity index (χ2n) is 3.79. The molecule has 1 atom stereocenters. The van der Waals surface area contributed by atoms with E-state index in [0.29, 0.717) is 6.54 Å². The van der Waals surface area contributed by atoms with Crippen molar-refractivity contribution in [1.29, 1.82) is 0 Å². The monoisotopic (exact) mass is 209 g/mol. The molecule has 3 N–H and O–H groups in total. The maximum absolute atomic E-state index is 9.18. The van der Waals surface area contributed by atoms with Crippen molar-refractivity contribution in [1.82, 2.24) is 4.98 Å². The fourth-order valence-corrected chi connectivity index (χ4v) is 1.29. The normalized spacial score (nSPS) is 12.5. The van der Waals surface area contributed by atoms with Crippen LogP contribution in [0.15, 0.2) is 18.3 Å². The van der Waals surface area contributed by atoms with Crippen LogP contribution in [0.3, 0.4) is 0 Å². The maximum Gasteiger partial charge on any atom is 0.128 e. The minimum atomic E-state index is -0.273. The van der Waals surface area contributed by atoms with Gasteiger partial charge in [0.2, 0.25) is 0 Å². The van der Waals surface area contributed by atoms with Crippen LogP contribution in [0.5, 0.6) is 0 Å². The van der Waals surface area contributed by atoms with Gasteiger partial charge in [-0.25, -0.2) is 4.98 Å². The molecule has 0 aromatic carbocycles. The topological polar surface area (TPSA) is 62.4 Å². The molecule has 0 aliphatic heterocycles. The largest absolute Gasteiger partial charge is 0.393 e. The van der Waals surface area contributed by atoms with Crippen LogP contribution in [-0.2, 0) is 6.54 Å². The first-order valence-corrected chi connectivity index (χ1v) is 5.17. The Morgan fingerprint density at radius 2 is 2.33 bits per heavy atom. The third-order valence-corrected chi connectivity index (χ3v) is 2.32. The third-order valence-electron chi connectivity index (χ3n) is 2.32. The van der Waals surface area contributed by atoms with Gasteiger partial charge in [0.05, 0.1) is 6.10 Å². The Morgan fingerprint density at radius 3 is 2.93 bits per heavy atom. The summed E-state index contributed by atoms with van der Waals surface area (Å²) >= 11 is 0. The molecular formula is C11H19N3O. The Hall–Kier alpha value is -1.13. The van der Waals surface area contributed by atoms with Gasteiger partial charge in [-0.15, -0.1) is 0 Å². The fourth-order valence-electron chi connectivity index (χ4n) is 1.29. The van der Waals surface area contributed by atoms with Gasteiger partial charge in [-0.3, -0.25) is 0 Å². The van der Waals surface area contributed by atoms with Gasteiger partial charge in [0.15, 0.2) is 0 Å². The molecule has 84 valence electrons. The summed E-state index contributed by atoms with van der Waals surface area (Å²) in [6.07, 6.45) is 2.23. The number of hydrogen-bond donors (Lipinski definition) is 2. The van der Waals surface area contributed by atoms with E-state index in [0.717, 1.165) is 24.3 Å². The van der Waals surface area contributed by atoms with Crippen molar-refractivity contribution >= 4 is 5.82 Å². The summed E-state index contributed by atoms with van der Waals surface area (Å²) in [7, 11) is 1.96. The number of nitrogens with zero attached hydrogens (tertiary/aromatic N) is 2. The van der Waals surface area contributed by atoms with Crippen LogP contribution in [-0.4, -0.2) is 29.8 Å². The Labute approximate surface area is 90.7 Å². The van der Waals surface area contributed by atoms with E-state index in [1.807, 2.05) is 24.1 Å². The van der Waals surface area contributed by atoms with Crippen LogP contribution in [0, 0.1) is 0 Å². The van der Waals surface area contributed by atoms with Gasteiger partial charge in [-0.1, -0.05) is 0 Å². The second-order valence-corrected chi connectivity index (χ2v) is 3.79. The van der Waals surface area contributed by atoms with Crippen LogP contribution >= 0.6 is 0 Å². The van der Waals surface area contributed by atoms with Crippen molar-refractivity contribution in [2.75, 3.05) is 18.5 Å². The van der Waals surface area contributed by atoms with Crippen molar-refractivity contribution in [2.24, 2.45) is 5.73 Å². The first-order chi connectivity index (χ1) is 7.13. The first kappa shape index (κ1) is 11.9. The highest BCUT2D eigenvalue weighted by Gasteiger charge is 2.04. The number of hydrogen-bond acceptors (Lipinski definition) is 4. The molecule has 0 saturated carbocycles. The minimum absolute atomic E-state index is 0.273. The zero-order chi connectivity index (χ0) is 11.3. The second kappa shape index (κ2) is 5.68. The highest BCUT2D eigenvalue weighted by atomic mass is 16.3. The highest BCUT2D eigenvalue weighted by Crippen LogP contribution is 2.11. The van der Waals surface area contributed by atoms with Gasteiger partial charge < -0.3 is 15.7 Å². The summed E-state index contributed by atoms with van der Waals surface area (Å²) < 4.78 is 0. The van der Waals surface area contributed by atoms with Crippen LogP contribution in [0.1, 0.15) is 18.9 Å². The van der Waals surface area contributed by atoms with E-state index in [1.54, 1.807) is 13.1 Å². The molecule has 4 heteroatoms. The number of aliphatic hydroxyl groups excluding tert-OH is 1. The standard InChI is InChI=1S/C11H19N3O/c1-9(15)4-6-14(2)11-7-10(8-12)3-5-13-11/h3,5,7,9,15H,4,6,8,12H2,1-2H3. The van der Waals surface area contributed by atoms with E-state index in [2.05, 4.69) is 4.98 Å². The SMILES string of the molecule is CC(O)CCN(C)c1cc(CN)ccn1. The number of nitrogens with two attached hydrogens (primary N) is 1. The van der Waals surface area contributed by atoms with E-state index >= 15 is 0 Å². The molecule has 1 unspecified atom stereocenters. The predicted molar refractivity (Wildman–Crippen MR) is 61.7 cm³/mol. The molecule has 0 saturated heterocycles. The molecular weight excluding hydrogens is 190 g/mol. The molecule has 1 rings (SSSR count). The number of aromatic nitrogens is 1. The van der Waals surface area contributed by atoms with E-state index < -0.39 is 0 Å². The molecule has 0 fully saturated rings. The zero-order valence-corrected chi connectivity index (χ0v) is 9.35. The van der Waals surface area contributed by atoms with E-state index in [1.165, 1.54) is 0 Å². The van der Waals surface area contributed by atoms with Crippen molar-refractivity contribution in [3.8, 4) is 0 Å². The van der Waals surface area contributed by atoms with E-state index in [4.69, 9.17) is 5.73 Å². The Bertz CT molecular complexity index is 302. The quantitative estimate of drug-likeness (QED) is 0.751. The van der Waals surface area contributed by atoms with Gasteiger partial charge in [0, 0.05) is 26.3 Å². The summed E-state index contributed by atoms with van der Waals surface area (Å²) in [6.45, 7) is 3.11. The summed E-state index contributed by atoms with van der Waals surface area (Å²) in [5, 5.41) is 9.18. The lowest BCUT2D eigenvalue weighted by Gasteiger charge is -2.19. The van der Waals surface area contributed by atoms with Crippen molar-refractivity contribution < 1.29 is 5.11 Å². The minimum Gasteiger partial charge on any atom is -0.393 e.